The van der Waals surface area contributed by atoms with E-state index < -0.39 is 0 Å². The third-order valence-corrected chi connectivity index (χ3v) is 2.02. The van der Waals surface area contributed by atoms with Crippen molar-refractivity contribution in [2.45, 2.75) is 13.0 Å². The fourth-order valence-corrected chi connectivity index (χ4v) is 1.44. The molecule has 0 saturated carbocycles. The van der Waals surface area contributed by atoms with Crippen LogP contribution in [-0.4, -0.2) is 6.61 Å². The lowest BCUT2D eigenvalue weighted by atomic mass is 10.1. The highest BCUT2D eigenvalue weighted by molar-refractivity contribution is 5.43. The summed E-state index contributed by atoms with van der Waals surface area (Å²) >= 11 is 0. The van der Waals surface area contributed by atoms with Gasteiger partial charge in [-0.15, -0.1) is 0 Å². The summed E-state index contributed by atoms with van der Waals surface area (Å²) in [6.07, 6.45) is 1.03. The number of fused-ring (bicyclic) bond motifs is 1. The summed E-state index contributed by atoms with van der Waals surface area (Å²) in [5, 5.41) is 0. The minimum absolute atomic E-state index is 0.573. The van der Waals surface area contributed by atoms with Crippen molar-refractivity contribution >= 4 is 0 Å². The van der Waals surface area contributed by atoms with Crippen molar-refractivity contribution in [3.05, 3.63) is 29.3 Å². The Morgan fingerprint density at radius 3 is 3.18 bits per heavy atom. The first-order valence-electron chi connectivity index (χ1n) is 3.85. The smallest absolute Gasteiger partial charge is 0.127 e. The van der Waals surface area contributed by atoms with Crippen molar-refractivity contribution in [1.29, 1.82) is 0 Å². The molecule has 0 bridgehead atoms. The molecule has 0 amide bonds. The predicted molar refractivity (Wildman–Crippen MR) is 43.5 cm³/mol. The number of ether oxygens (including phenoxy) is 1. The Balaban J connectivity index is 2.50. The highest BCUT2D eigenvalue weighted by atomic mass is 16.5. The Bertz CT molecular complexity index is 270. The van der Waals surface area contributed by atoms with Crippen molar-refractivity contribution in [1.82, 2.24) is 0 Å². The molecule has 0 radical (unpaired) electrons. The van der Waals surface area contributed by atoms with E-state index in [0.717, 1.165) is 24.3 Å². The molecule has 0 spiro atoms. The van der Waals surface area contributed by atoms with E-state index in [4.69, 9.17) is 10.5 Å². The summed E-state index contributed by atoms with van der Waals surface area (Å²) in [5.41, 5.74) is 7.97. The molecule has 0 aliphatic carbocycles. The summed E-state index contributed by atoms with van der Waals surface area (Å²) in [6, 6.07) is 6.15. The number of para-hydroxylation sites is 1. The Morgan fingerprint density at radius 2 is 2.36 bits per heavy atom. The molecule has 2 rings (SSSR count). The van der Waals surface area contributed by atoms with Crippen molar-refractivity contribution in [2.75, 3.05) is 6.61 Å². The lowest BCUT2D eigenvalue weighted by Crippen LogP contribution is -1.98. The van der Waals surface area contributed by atoms with Gasteiger partial charge in [-0.2, -0.15) is 0 Å². The minimum Gasteiger partial charge on any atom is -0.493 e. The van der Waals surface area contributed by atoms with E-state index in [1.807, 2.05) is 12.1 Å². The van der Waals surface area contributed by atoms with Gasteiger partial charge in [0.25, 0.3) is 0 Å². The van der Waals surface area contributed by atoms with Gasteiger partial charge in [0.1, 0.15) is 5.75 Å². The molecule has 0 fully saturated rings. The molecular weight excluding hydrogens is 138 g/mol. The maximum Gasteiger partial charge on any atom is 0.127 e. The van der Waals surface area contributed by atoms with Gasteiger partial charge in [0.15, 0.2) is 0 Å². The van der Waals surface area contributed by atoms with E-state index >= 15 is 0 Å². The van der Waals surface area contributed by atoms with Gasteiger partial charge < -0.3 is 10.5 Å². The van der Waals surface area contributed by atoms with E-state index in [-0.39, 0.29) is 0 Å². The van der Waals surface area contributed by atoms with Crippen LogP contribution in [0.5, 0.6) is 5.75 Å². The van der Waals surface area contributed by atoms with Crippen LogP contribution in [0.4, 0.5) is 0 Å². The molecule has 2 heteroatoms. The standard InChI is InChI=1S/C9H11NO/c10-6-8-3-1-2-7-4-5-11-9(7)8/h1-3H,4-6,10H2. The van der Waals surface area contributed by atoms with Gasteiger partial charge in [-0.05, 0) is 5.56 Å². The van der Waals surface area contributed by atoms with Crippen molar-refractivity contribution in [2.24, 2.45) is 5.73 Å². The fourth-order valence-electron chi connectivity index (χ4n) is 1.44. The topological polar surface area (TPSA) is 35.2 Å². The van der Waals surface area contributed by atoms with Crippen LogP contribution >= 0.6 is 0 Å². The second-order valence-electron chi connectivity index (χ2n) is 2.71. The molecular formula is C9H11NO. The van der Waals surface area contributed by atoms with Crippen LogP contribution in [0.15, 0.2) is 18.2 Å². The molecule has 0 unspecified atom stereocenters. The third-order valence-electron chi connectivity index (χ3n) is 2.02. The molecule has 1 aliphatic heterocycles. The zero-order chi connectivity index (χ0) is 7.68. The van der Waals surface area contributed by atoms with E-state index in [0.29, 0.717) is 6.54 Å². The van der Waals surface area contributed by atoms with E-state index in [2.05, 4.69) is 6.07 Å². The SMILES string of the molecule is NCc1cccc2c1OCC2. The average molecular weight is 149 g/mol. The van der Waals surface area contributed by atoms with Crippen LogP contribution in [0.3, 0.4) is 0 Å². The Morgan fingerprint density at radius 1 is 1.45 bits per heavy atom. The molecule has 0 saturated heterocycles. The third kappa shape index (κ3) is 0.994. The molecule has 11 heavy (non-hydrogen) atoms. The molecule has 2 nitrogen and oxygen atoms in total. The zero-order valence-corrected chi connectivity index (χ0v) is 6.34. The van der Waals surface area contributed by atoms with Gasteiger partial charge in [0.2, 0.25) is 0 Å². The molecule has 1 aliphatic rings. The predicted octanol–water partition coefficient (Wildman–Crippen LogP) is 1.08. The van der Waals surface area contributed by atoms with Crippen LogP contribution in [-0.2, 0) is 13.0 Å². The highest BCUT2D eigenvalue weighted by Gasteiger charge is 2.13. The maximum atomic E-state index is 5.54. The van der Waals surface area contributed by atoms with E-state index in [1.165, 1.54) is 5.56 Å². The van der Waals surface area contributed by atoms with Gasteiger partial charge in [-0.1, -0.05) is 18.2 Å². The largest absolute Gasteiger partial charge is 0.493 e. The van der Waals surface area contributed by atoms with Crippen LogP contribution in [0.1, 0.15) is 11.1 Å². The summed E-state index contributed by atoms with van der Waals surface area (Å²) in [7, 11) is 0. The fraction of sp³-hybridized carbons (Fsp3) is 0.333. The number of benzene rings is 1. The van der Waals surface area contributed by atoms with Gasteiger partial charge in [0.05, 0.1) is 6.61 Å². The molecule has 58 valence electrons. The maximum absolute atomic E-state index is 5.54. The second kappa shape index (κ2) is 2.55. The van der Waals surface area contributed by atoms with E-state index in [9.17, 15) is 0 Å². The van der Waals surface area contributed by atoms with Gasteiger partial charge in [0, 0.05) is 18.5 Å². The van der Waals surface area contributed by atoms with Gasteiger partial charge in [-0.25, -0.2) is 0 Å². The second-order valence-corrected chi connectivity index (χ2v) is 2.71. The normalized spacial score (nSPS) is 14.3. The average Bonchev–Trinajstić information content (AvgIpc) is 2.50. The summed E-state index contributed by atoms with van der Waals surface area (Å²) in [4.78, 5) is 0. The van der Waals surface area contributed by atoms with Crippen LogP contribution in [0.2, 0.25) is 0 Å². The molecule has 2 N–H and O–H groups in total. The number of hydrogen-bond donors (Lipinski definition) is 1. The van der Waals surface area contributed by atoms with Gasteiger partial charge >= 0.3 is 0 Å². The highest BCUT2D eigenvalue weighted by Crippen LogP contribution is 2.28. The van der Waals surface area contributed by atoms with Crippen molar-refractivity contribution < 1.29 is 4.74 Å². The van der Waals surface area contributed by atoms with E-state index in [1.54, 1.807) is 0 Å². The first kappa shape index (κ1) is 6.68. The molecule has 0 aromatic heterocycles. The minimum atomic E-state index is 0.573. The molecule has 1 aromatic rings. The molecule has 1 heterocycles. The van der Waals surface area contributed by atoms with Crippen molar-refractivity contribution in [3.63, 3.8) is 0 Å². The zero-order valence-electron chi connectivity index (χ0n) is 6.34. The Kier molecular flexibility index (Phi) is 1.55. The van der Waals surface area contributed by atoms with Crippen LogP contribution in [0.25, 0.3) is 0 Å². The summed E-state index contributed by atoms with van der Waals surface area (Å²) in [5.74, 6) is 1.02. The summed E-state index contributed by atoms with van der Waals surface area (Å²) < 4.78 is 5.44. The van der Waals surface area contributed by atoms with Crippen LogP contribution in [0, 0.1) is 0 Å². The number of rotatable bonds is 1. The first-order chi connectivity index (χ1) is 5.42. The lowest BCUT2D eigenvalue weighted by Gasteiger charge is -2.03. The number of hydrogen-bond acceptors (Lipinski definition) is 2. The van der Waals surface area contributed by atoms with Crippen molar-refractivity contribution in [3.8, 4) is 5.75 Å². The quantitative estimate of drug-likeness (QED) is 0.648. The number of nitrogens with two attached hydrogens (primary N) is 1. The Labute approximate surface area is 66.0 Å². The molecule has 1 aromatic carbocycles. The Hall–Kier alpha value is -1.02. The van der Waals surface area contributed by atoms with Crippen LogP contribution < -0.4 is 10.5 Å². The first-order valence-corrected chi connectivity index (χ1v) is 3.85. The lowest BCUT2D eigenvalue weighted by molar-refractivity contribution is 0.353. The summed E-state index contributed by atoms with van der Waals surface area (Å²) in [6.45, 7) is 1.38. The van der Waals surface area contributed by atoms with Gasteiger partial charge in [-0.3, -0.25) is 0 Å². The monoisotopic (exact) mass is 149 g/mol. The molecule has 0 atom stereocenters.